The fourth-order valence-electron chi connectivity index (χ4n) is 4.04. The van der Waals surface area contributed by atoms with Gasteiger partial charge in [-0.2, -0.15) is 0 Å². The largest absolute Gasteiger partial charge is 0.376 e. The predicted molar refractivity (Wildman–Crippen MR) is 108 cm³/mol. The van der Waals surface area contributed by atoms with Crippen LogP contribution >= 0.6 is 0 Å². The Morgan fingerprint density at radius 1 is 1.07 bits per heavy atom. The minimum Gasteiger partial charge on any atom is -0.376 e. The Morgan fingerprint density at radius 3 is 2.52 bits per heavy atom. The first-order valence-electron chi connectivity index (χ1n) is 9.90. The maximum Gasteiger partial charge on any atom is 0.124 e. The summed E-state index contributed by atoms with van der Waals surface area (Å²) in [5, 5.41) is 3.65. The molecule has 0 radical (unpaired) electrons. The van der Waals surface area contributed by atoms with Crippen LogP contribution in [0, 0.1) is 0 Å². The molecule has 0 aliphatic carbocycles. The van der Waals surface area contributed by atoms with Gasteiger partial charge in [0.15, 0.2) is 0 Å². The van der Waals surface area contributed by atoms with E-state index in [1.807, 2.05) is 12.1 Å². The van der Waals surface area contributed by atoms with Gasteiger partial charge in [0.05, 0.1) is 18.2 Å². The van der Waals surface area contributed by atoms with Crippen molar-refractivity contribution in [1.82, 2.24) is 5.32 Å². The van der Waals surface area contributed by atoms with Gasteiger partial charge in [-0.05, 0) is 37.3 Å². The molecule has 2 aliphatic heterocycles. The van der Waals surface area contributed by atoms with E-state index in [0.29, 0.717) is 13.2 Å². The summed E-state index contributed by atoms with van der Waals surface area (Å²) in [5.41, 5.74) is 2.15. The zero-order chi connectivity index (χ0) is 18.5. The SMILES string of the molecule is C[C@@]1(c2ccccc2)NC(COCC2CCCCO2)=N[C@@H]1c1ccccc1. The summed E-state index contributed by atoms with van der Waals surface area (Å²) < 4.78 is 11.7. The first-order valence-corrected chi connectivity index (χ1v) is 9.90. The van der Waals surface area contributed by atoms with Gasteiger partial charge in [-0.25, -0.2) is 0 Å². The third-order valence-electron chi connectivity index (χ3n) is 5.54. The minimum atomic E-state index is -0.289. The molecule has 2 aliphatic rings. The lowest BCUT2D eigenvalue weighted by molar-refractivity contribution is -0.0339. The molecule has 1 N–H and O–H groups in total. The zero-order valence-corrected chi connectivity index (χ0v) is 15.9. The molecule has 27 heavy (non-hydrogen) atoms. The summed E-state index contributed by atoms with van der Waals surface area (Å²) in [6.45, 7) is 4.21. The van der Waals surface area contributed by atoms with Crippen LogP contribution in [-0.2, 0) is 15.0 Å². The fraction of sp³-hybridized carbons (Fsp3) is 0.435. The summed E-state index contributed by atoms with van der Waals surface area (Å²) >= 11 is 0. The first kappa shape index (κ1) is 18.2. The van der Waals surface area contributed by atoms with Gasteiger partial charge in [0.2, 0.25) is 0 Å². The van der Waals surface area contributed by atoms with E-state index in [4.69, 9.17) is 14.5 Å². The normalized spacial score (nSPS) is 27.8. The second-order valence-corrected chi connectivity index (χ2v) is 7.59. The molecule has 2 heterocycles. The van der Waals surface area contributed by atoms with Gasteiger partial charge < -0.3 is 14.8 Å². The molecule has 1 saturated heterocycles. The first-order chi connectivity index (χ1) is 13.3. The summed E-state index contributed by atoms with van der Waals surface area (Å²) in [4.78, 5) is 5.01. The van der Waals surface area contributed by atoms with E-state index in [-0.39, 0.29) is 17.7 Å². The van der Waals surface area contributed by atoms with Crippen molar-refractivity contribution in [3.63, 3.8) is 0 Å². The number of benzene rings is 2. The van der Waals surface area contributed by atoms with Crippen LogP contribution in [0.2, 0.25) is 0 Å². The topological polar surface area (TPSA) is 42.8 Å². The highest BCUT2D eigenvalue weighted by Crippen LogP contribution is 2.41. The van der Waals surface area contributed by atoms with Crippen molar-refractivity contribution in [3.05, 3.63) is 71.8 Å². The summed E-state index contributed by atoms with van der Waals surface area (Å²) in [6.07, 6.45) is 3.72. The monoisotopic (exact) mass is 364 g/mol. The molecule has 1 fully saturated rings. The van der Waals surface area contributed by atoms with Crippen molar-refractivity contribution in [1.29, 1.82) is 0 Å². The third-order valence-corrected chi connectivity index (χ3v) is 5.54. The van der Waals surface area contributed by atoms with Crippen LogP contribution in [0.5, 0.6) is 0 Å². The Bertz CT molecular complexity index is 756. The van der Waals surface area contributed by atoms with Gasteiger partial charge in [-0.15, -0.1) is 0 Å². The maximum atomic E-state index is 5.95. The Balaban J connectivity index is 1.49. The van der Waals surface area contributed by atoms with E-state index < -0.39 is 0 Å². The molecule has 4 heteroatoms. The van der Waals surface area contributed by atoms with Crippen molar-refractivity contribution in [2.45, 2.75) is 43.9 Å². The quantitative estimate of drug-likeness (QED) is 0.834. The molecule has 4 rings (SSSR count). The highest BCUT2D eigenvalue weighted by atomic mass is 16.5. The smallest absolute Gasteiger partial charge is 0.124 e. The Kier molecular flexibility index (Phi) is 5.55. The molecule has 0 amide bonds. The zero-order valence-electron chi connectivity index (χ0n) is 15.9. The highest BCUT2D eigenvalue weighted by Gasteiger charge is 2.42. The molecule has 4 nitrogen and oxygen atoms in total. The molecule has 0 spiro atoms. The van der Waals surface area contributed by atoms with E-state index in [9.17, 15) is 0 Å². The molecule has 2 aromatic rings. The van der Waals surface area contributed by atoms with Gasteiger partial charge in [0.25, 0.3) is 0 Å². The second-order valence-electron chi connectivity index (χ2n) is 7.59. The number of ether oxygens (including phenoxy) is 2. The predicted octanol–water partition coefficient (Wildman–Crippen LogP) is 4.23. The second kappa shape index (κ2) is 8.24. The van der Waals surface area contributed by atoms with Gasteiger partial charge in [-0.3, -0.25) is 4.99 Å². The van der Waals surface area contributed by atoms with Gasteiger partial charge in [0.1, 0.15) is 18.5 Å². The molecule has 0 saturated carbocycles. The van der Waals surface area contributed by atoms with Gasteiger partial charge in [-0.1, -0.05) is 60.7 Å². The number of nitrogens with zero attached hydrogens (tertiary/aromatic N) is 1. The van der Waals surface area contributed by atoms with Crippen LogP contribution in [0.25, 0.3) is 0 Å². The molecular weight excluding hydrogens is 336 g/mol. The minimum absolute atomic E-state index is 0.0191. The van der Waals surface area contributed by atoms with E-state index in [1.54, 1.807) is 0 Å². The number of hydrogen-bond acceptors (Lipinski definition) is 4. The number of rotatable bonds is 6. The molecular formula is C23H28N2O2. The lowest BCUT2D eigenvalue weighted by Crippen LogP contribution is -2.43. The molecule has 0 aromatic heterocycles. The number of aliphatic imine (C=N–C) groups is 1. The fourth-order valence-corrected chi connectivity index (χ4v) is 4.04. The van der Waals surface area contributed by atoms with E-state index in [2.05, 4.69) is 60.8 Å². The average molecular weight is 364 g/mol. The van der Waals surface area contributed by atoms with Gasteiger partial charge >= 0.3 is 0 Å². The Hall–Kier alpha value is -2.17. The van der Waals surface area contributed by atoms with Gasteiger partial charge in [0, 0.05) is 6.61 Å². The number of hydrogen-bond donors (Lipinski definition) is 1. The molecule has 1 unspecified atom stereocenters. The van der Waals surface area contributed by atoms with Crippen molar-refractivity contribution in [2.75, 3.05) is 19.8 Å². The van der Waals surface area contributed by atoms with Crippen molar-refractivity contribution >= 4 is 5.84 Å². The summed E-state index contributed by atoms with van der Waals surface area (Å²) in [7, 11) is 0. The average Bonchev–Trinajstić information content (AvgIpc) is 3.08. The number of nitrogens with one attached hydrogen (secondary N) is 1. The Labute approximate surface area is 161 Å². The van der Waals surface area contributed by atoms with Crippen LogP contribution in [0.4, 0.5) is 0 Å². The standard InChI is InChI=1S/C23H28N2O2/c1-23(19-12-6-3-7-13-19)22(18-10-4-2-5-11-18)24-21(25-23)17-26-16-20-14-8-9-15-27-20/h2-7,10-13,20,22H,8-9,14-17H2,1H3,(H,24,25)/t20?,22-,23+/m1/s1. The van der Waals surface area contributed by atoms with Crippen LogP contribution in [0.3, 0.4) is 0 Å². The molecule has 2 aromatic carbocycles. The summed E-state index contributed by atoms with van der Waals surface area (Å²) in [6, 6.07) is 21.1. The van der Waals surface area contributed by atoms with E-state index in [0.717, 1.165) is 18.9 Å². The van der Waals surface area contributed by atoms with Crippen LogP contribution in [-0.4, -0.2) is 31.8 Å². The lowest BCUT2D eigenvalue weighted by Gasteiger charge is -2.32. The molecule has 0 bridgehead atoms. The van der Waals surface area contributed by atoms with E-state index in [1.165, 1.54) is 24.0 Å². The van der Waals surface area contributed by atoms with Crippen LogP contribution < -0.4 is 5.32 Å². The molecule has 3 atom stereocenters. The molecule has 142 valence electrons. The van der Waals surface area contributed by atoms with Crippen molar-refractivity contribution in [2.24, 2.45) is 4.99 Å². The van der Waals surface area contributed by atoms with Crippen molar-refractivity contribution in [3.8, 4) is 0 Å². The van der Waals surface area contributed by atoms with Crippen molar-refractivity contribution < 1.29 is 9.47 Å². The maximum absolute atomic E-state index is 5.95. The summed E-state index contributed by atoms with van der Waals surface area (Å²) in [5.74, 6) is 0.908. The number of amidine groups is 1. The lowest BCUT2D eigenvalue weighted by atomic mass is 9.82. The Morgan fingerprint density at radius 2 is 1.81 bits per heavy atom. The van der Waals surface area contributed by atoms with Crippen LogP contribution in [0.1, 0.15) is 43.4 Å². The third kappa shape index (κ3) is 4.07. The highest BCUT2D eigenvalue weighted by molar-refractivity contribution is 5.87. The van der Waals surface area contributed by atoms with E-state index >= 15 is 0 Å². The van der Waals surface area contributed by atoms with Crippen LogP contribution in [0.15, 0.2) is 65.7 Å².